The Bertz CT molecular complexity index is 440. The molecule has 1 heterocycles. The van der Waals surface area contributed by atoms with Crippen LogP contribution in [0, 0.1) is 5.92 Å². The third kappa shape index (κ3) is 2.85. The molecule has 1 aliphatic heterocycles. The largest absolute Gasteiger partial charge is 0.342 e. The van der Waals surface area contributed by atoms with E-state index in [0.29, 0.717) is 5.92 Å². The third-order valence-electron chi connectivity index (χ3n) is 5.37. The highest BCUT2D eigenvalue weighted by atomic mass is 16.2. The van der Waals surface area contributed by atoms with Crippen molar-refractivity contribution in [1.29, 1.82) is 0 Å². The Morgan fingerprint density at radius 2 is 1.86 bits per heavy atom. The zero-order chi connectivity index (χ0) is 14.8. The highest BCUT2D eigenvalue weighted by Gasteiger charge is 2.44. The Morgan fingerprint density at radius 1 is 1.10 bits per heavy atom. The minimum atomic E-state index is -0.325. The molecule has 4 heteroatoms. The first-order chi connectivity index (χ1) is 10.2. The van der Waals surface area contributed by atoms with E-state index in [9.17, 15) is 9.59 Å². The minimum absolute atomic E-state index is 0.0275. The smallest absolute Gasteiger partial charge is 0.246 e. The molecule has 1 N–H and O–H groups in total. The van der Waals surface area contributed by atoms with Crippen LogP contribution in [0.15, 0.2) is 12.2 Å². The molecule has 0 aromatic heterocycles. The molecule has 3 unspecified atom stereocenters. The van der Waals surface area contributed by atoms with Gasteiger partial charge >= 0.3 is 0 Å². The molecule has 21 heavy (non-hydrogen) atoms. The van der Waals surface area contributed by atoms with Crippen LogP contribution in [0.5, 0.6) is 0 Å². The summed E-state index contributed by atoms with van der Waals surface area (Å²) in [5.41, 5.74) is 0. The van der Waals surface area contributed by atoms with Gasteiger partial charge in [-0.05, 0) is 44.9 Å². The van der Waals surface area contributed by atoms with Crippen LogP contribution in [0.2, 0.25) is 0 Å². The number of carbonyl (C=O) groups is 2. The van der Waals surface area contributed by atoms with Crippen LogP contribution >= 0.6 is 0 Å². The van der Waals surface area contributed by atoms with Crippen molar-refractivity contribution in [3.05, 3.63) is 12.2 Å². The van der Waals surface area contributed by atoms with Gasteiger partial charge in [0, 0.05) is 6.04 Å². The molecule has 1 saturated heterocycles. The zero-order valence-corrected chi connectivity index (χ0v) is 12.9. The quantitative estimate of drug-likeness (QED) is 0.794. The van der Waals surface area contributed by atoms with Gasteiger partial charge in [-0.25, -0.2) is 0 Å². The van der Waals surface area contributed by atoms with Crippen molar-refractivity contribution in [2.45, 2.75) is 76.4 Å². The molecule has 116 valence electrons. The average Bonchev–Trinajstić information content (AvgIpc) is 2.53. The van der Waals surface area contributed by atoms with Gasteiger partial charge in [0.2, 0.25) is 11.8 Å². The van der Waals surface area contributed by atoms with Gasteiger partial charge in [-0.15, -0.1) is 0 Å². The number of amides is 2. The lowest BCUT2D eigenvalue weighted by molar-refractivity contribution is -0.153. The Morgan fingerprint density at radius 3 is 2.52 bits per heavy atom. The standard InChI is InChI=1S/C17H26N2O2/c1-12-16(20)18-15(13-8-4-2-5-9-13)17(21)19(12)14-10-6-3-7-11-14/h3,6,12-15H,2,4-5,7-11H2,1H3,(H,18,20). The maximum Gasteiger partial charge on any atom is 0.246 e. The van der Waals surface area contributed by atoms with E-state index in [4.69, 9.17) is 0 Å². The van der Waals surface area contributed by atoms with Crippen molar-refractivity contribution >= 4 is 11.8 Å². The van der Waals surface area contributed by atoms with Gasteiger partial charge in [0.1, 0.15) is 12.1 Å². The van der Waals surface area contributed by atoms with E-state index in [-0.39, 0.29) is 29.9 Å². The molecule has 0 spiro atoms. The van der Waals surface area contributed by atoms with Crippen LogP contribution in [-0.4, -0.2) is 34.8 Å². The lowest BCUT2D eigenvalue weighted by Gasteiger charge is -2.45. The first-order valence-electron chi connectivity index (χ1n) is 8.46. The summed E-state index contributed by atoms with van der Waals surface area (Å²) in [5.74, 6) is 0.526. The Kier molecular flexibility index (Phi) is 4.32. The molecule has 0 bridgehead atoms. The number of hydrogen-bond acceptors (Lipinski definition) is 2. The van der Waals surface area contributed by atoms with E-state index in [1.165, 1.54) is 19.3 Å². The number of nitrogens with zero attached hydrogens (tertiary/aromatic N) is 1. The van der Waals surface area contributed by atoms with Gasteiger partial charge in [0.05, 0.1) is 0 Å². The van der Waals surface area contributed by atoms with Crippen LogP contribution in [0.1, 0.15) is 58.3 Å². The molecule has 3 rings (SSSR count). The fourth-order valence-electron chi connectivity index (χ4n) is 4.13. The van der Waals surface area contributed by atoms with E-state index in [1.54, 1.807) is 0 Å². The summed E-state index contributed by atoms with van der Waals surface area (Å²) < 4.78 is 0. The Balaban J connectivity index is 1.78. The molecule has 4 nitrogen and oxygen atoms in total. The maximum atomic E-state index is 13.0. The molecule has 2 aliphatic carbocycles. The van der Waals surface area contributed by atoms with Crippen molar-refractivity contribution in [3.8, 4) is 0 Å². The fraction of sp³-hybridized carbons (Fsp3) is 0.765. The molecule has 3 atom stereocenters. The van der Waals surface area contributed by atoms with Gasteiger partial charge in [-0.3, -0.25) is 9.59 Å². The third-order valence-corrected chi connectivity index (χ3v) is 5.37. The van der Waals surface area contributed by atoms with Crippen LogP contribution in [-0.2, 0) is 9.59 Å². The average molecular weight is 290 g/mol. The predicted molar refractivity (Wildman–Crippen MR) is 81.6 cm³/mol. The van der Waals surface area contributed by atoms with E-state index in [0.717, 1.165) is 32.1 Å². The second kappa shape index (κ2) is 6.20. The molecule has 0 aromatic rings. The van der Waals surface area contributed by atoms with E-state index >= 15 is 0 Å². The van der Waals surface area contributed by atoms with Crippen molar-refractivity contribution < 1.29 is 9.59 Å². The lowest BCUT2D eigenvalue weighted by Crippen LogP contribution is -2.66. The highest BCUT2D eigenvalue weighted by molar-refractivity contribution is 5.97. The summed E-state index contributed by atoms with van der Waals surface area (Å²) in [7, 11) is 0. The Labute approximate surface area is 127 Å². The van der Waals surface area contributed by atoms with Crippen molar-refractivity contribution in [1.82, 2.24) is 10.2 Å². The van der Waals surface area contributed by atoms with Crippen LogP contribution < -0.4 is 5.32 Å². The topological polar surface area (TPSA) is 49.4 Å². The summed E-state index contributed by atoms with van der Waals surface area (Å²) in [6.45, 7) is 1.86. The van der Waals surface area contributed by atoms with Crippen LogP contribution in [0.25, 0.3) is 0 Å². The van der Waals surface area contributed by atoms with Gasteiger partial charge in [-0.2, -0.15) is 0 Å². The first kappa shape index (κ1) is 14.6. The maximum absolute atomic E-state index is 13.0. The molecule has 3 aliphatic rings. The second-order valence-electron chi connectivity index (χ2n) is 6.74. The Hall–Kier alpha value is -1.32. The molecule has 2 fully saturated rings. The zero-order valence-electron chi connectivity index (χ0n) is 12.9. The van der Waals surface area contributed by atoms with Crippen molar-refractivity contribution in [2.24, 2.45) is 5.92 Å². The lowest BCUT2D eigenvalue weighted by atomic mass is 9.81. The highest BCUT2D eigenvalue weighted by Crippen LogP contribution is 2.31. The summed E-state index contributed by atoms with van der Waals surface area (Å²) in [6, 6.07) is -0.400. The number of piperazine rings is 1. The summed E-state index contributed by atoms with van der Waals surface area (Å²) in [5, 5.41) is 3.01. The number of rotatable bonds is 2. The molecule has 1 saturated carbocycles. The monoisotopic (exact) mass is 290 g/mol. The summed E-state index contributed by atoms with van der Waals surface area (Å²) >= 11 is 0. The SMILES string of the molecule is CC1C(=O)NC(C2CCCCC2)C(=O)N1C1CC=CCC1. The second-order valence-corrected chi connectivity index (χ2v) is 6.74. The van der Waals surface area contributed by atoms with Gasteiger partial charge in [-0.1, -0.05) is 31.4 Å². The van der Waals surface area contributed by atoms with E-state index < -0.39 is 0 Å². The molecular formula is C17H26N2O2. The molecular weight excluding hydrogens is 264 g/mol. The number of nitrogens with one attached hydrogen (secondary N) is 1. The molecule has 0 aromatic carbocycles. The predicted octanol–water partition coefficient (Wildman–Crippen LogP) is 2.39. The van der Waals surface area contributed by atoms with Gasteiger partial charge in [0.15, 0.2) is 0 Å². The minimum Gasteiger partial charge on any atom is -0.342 e. The molecule has 0 radical (unpaired) electrons. The van der Waals surface area contributed by atoms with Crippen LogP contribution in [0.3, 0.4) is 0 Å². The first-order valence-corrected chi connectivity index (χ1v) is 8.46. The molecule has 2 amide bonds. The fourth-order valence-corrected chi connectivity index (χ4v) is 4.13. The van der Waals surface area contributed by atoms with Crippen molar-refractivity contribution in [3.63, 3.8) is 0 Å². The van der Waals surface area contributed by atoms with Crippen LogP contribution in [0.4, 0.5) is 0 Å². The summed E-state index contributed by atoms with van der Waals surface area (Å²) in [6.07, 6.45) is 13.0. The van der Waals surface area contributed by atoms with E-state index in [1.807, 2.05) is 11.8 Å². The number of allylic oxidation sites excluding steroid dienone is 1. The van der Waals surface area contributed by atoms with E-state index in [2.05, 4.69) is 17.5 Å². The van der Waals surface area contributed by atoms with Gasteiger partial charge < -0.3 is 10.2 Å². The number of hydrogen-bond donors (Lipinski definition) is 1. The summed E-state index contributed by atoms with van der Waals surface area (Å²) in [4.78, 5) is 27.2. The van der Waals surface area contributed by atoms with Gasteiger partial charge in [0.25, 0.3) is 0 Å². The number of carbonyl (C=O) groups excluding carboxylic acids is 2. The normalized spacial score (nSPS) is 34.9. The van der Waals surface area contributed by atoms with Crippen molar-refractivity contribution in [2.75, 3.05) is 0 Å².